The third kappa shape index (κ3) is 1.80. The van der Waals surface area contributed by atoms with E-state index in [1.807, 2.05) is 4.68 Å². The van der Waals surface area contributed by atoms with Gasteiger partial charge >= 0.3 is 0 Å². The van der Waals surface area contributed by atoms with E-state index in [9.17, 15) is 4.39 Å². The molecule has 94 valence electrons. The summed E-state index contributed by atoms with van der Waals surface area (Å²) in [4.78, 5) is 4.51. The summed E-state index contributed by atoms with van der Waals surface area (Å²) in [7, 11) is 0. The zero-order chi connectivity index (χ0) is 12.7. The highest BCUT2D eigenvalue weighted by atomic mass is 19.1. The van der Waals surface area contributed by atoms with E-state index >= 15 is 0 Å². The van der Waals surface area contributed by atoms with Gasteiger partial charge in [0.25, 0.3) is 0 Å². The Morgan fingerprint density at radius 3 is 2.78 bits per heavy atom. The third-order valence-corrected chi connectivity index (χ3v) is 3.51. The smallest absolute Gasteiger partial charge is 0.181 e. The molecule has 1 aromatic heterocycles. The highest BCUT2D eigenvalue weighted by Gasteiger charge is 2.26. The molecule has 0 radical (unpaired) electrons. The van der Waals surface area contributed by atoms with Gasteiger partial charge in [-0.15, -0.1) is 0 Å². The van der Waals surface area contributed by atoms with Crippen molar-refractivity contribution >= 4 is 0 Å². The monoisotopic (exact) mass is 246 g/mol. The van der Waals surface area contributed by atoms with E-state index in [0.29, 0.717) is 5.82 Å². The number of nitrogens with zero attached hydrogens (tertiary/aromatic N) is 3. The van der Waals surface area contributed by atoms with Crippen molar-refractivity contribution in [2.24, 2.45) is 5.73 Å². The largest absolute Gasteiger partial charge is 0.326 e. The Kier molecular flexibility index (Phi) is 2.63. The van der Waals surface area contributed by atoms with Crippen LogP contribution in [0, 0.1) is 5.82 Å². The van der Waals surface area contributed by atoms with E-state index in [4.69, 9.17) is 5.73 Å². The van der Waals surface area contributed by atoms with Crippen molar-refractivity contribution < 1.29 is 4.39 Å². The van der Waals surface area contributed by atoms with E-state index in [2.05, 4.69) is 17.0 Å². The molecular formula is C13H15FN4. The average Bonchev–Trinajstić information content (AvgIpc) is 2.80. The molecule has 0 bridgehead atoms. The second-order valence-electron chi connectivity index (χ2n) is 4.75. The van der Waals surface area contributed by atoms with Gasteiger partial charge in [-0.1, -0.05) is 0 Å². The molecule has 0 saturated carbocycles. The number of benzene rings is 1. The summed E-state index contributed by atoms with van der Waals surface area (Å²) in [6.45, 7) is 2.05. The molecule has 1 aliphatic heterocycles. The summed E-state index contributed by atoms with van der Waals surface area (Å²) in [5.41, 5.74) is 6.86. The summed E-state index contributed by atoms with van der Waals surface area (Å²) in [5.74, 6) is 1.35. The highest BCUT2D eigenvalue weighted by molar-refractivity contribution is 5.54. The third-order valence-electron chi connectivity index (χ3n) is 3.51. The van der Waals surface area contributed by atoms with Crippen LogP contribution in [0.25, 0.3) is 11.4 Å². The number of hydrogen-bond donors (Lipinski definition) is 1. The molecule has 5 heteroatoms. The molecule has 18 heavy (non-hydrogen) atoms. The molecular weight excluding hydrogens is 231 g/mol. The van der Waals surface area contributed by atoms with Crippen LogP contribution in [0.5, 0.6) is 0 Å². The van der Waals surface area contributed by atoms with Gasteiger partial charge in [-0.3, -0.25) is 0 Å². The molecule has 0 aliphatic carbocycles. The first kappa shape index (κ1) is 11.3. The van der Waals surface area contributed by atoms with Crippen molar-refractivity contribution in [3.63, 3.8) is 0 Å². The Morgan fingerprint density at radius 2 is 2.06 bits per heavy atom. The van der Waals surface area contributed by atoms with Crippen LogP contribution in [-0.4, -0.2) is 20.8 Å². The molecule has 4 nitrogen and oxygen atoms in total. The average molecular weight is 246 g/mol. The van der Waals surface area contributed by atoms with E-state index < -0.39 is 0 Å². The first-order valence-corrected chi connectivity index (χ1v) is 6.12. The zero-order valence-electron chi connectivity index (χ0n) is 10.2. The van der Waals surface area contributed by atoms with Gasteiger partial charge in [-0.05, 0) is 37.6 Å². The molecule has 0 fully saturated rings. The highest BCUT2D eigenvalue weighted by Crippen LogP contribution is 2.25. The minimum absolute atomic E-state index is 0.125. The van der Waals surface area contributed by atoms with Crippen LogP contribution in [0.15, 0.2) is 24.3 Å². The Morgan fingerprint density at radius 1 is 1.33 bits per heavy atom. The maximum absolute atomic E-state index is 12.9. The Labute approximate surface area is 105 Å². The maximum Gasteiger partial charge on any atom is 0.181 e. The van der Waals surface area contributed by atoms with Gasteiger partial charge in [-0.25, -0.2) is 14.1 Å². The number of aryl methyl sites for hydroxylation is 1. The Hall–Kier alpha value is -1.75. The van der Waals surface area contributed by atoms with Gasteiger partial charge in [0, 0.05) is 18.0 Å². The molecule has 2 atom stereocenters. The summed E-state index contributed by atoms with van der Waals surface area (Å²) in [6.07, 6.45) is 1.78. The summed E-state index contributed by atoms with van der Waals surface area (Å²) >= 11 is 0. The lowest BCUT2D eigenvalue weighted by Crippen LogP contribution is -2.36. The molecule has 1 aliphatic rings. The van der Waals surface area contributed by atoms with Crippen LogP contribution in [0.2, 0.25) is 0 Å². The van der Waals surface area contributed by atoms with Crippen molar-refractivity contribution in [3.05, 3.63) is 35.9 Å². The predicted molar refractivity (Wildman–Crippen MR) is 66.4 cm³/mol. The van der Waals surface area contributed by atoms with Crippen LogP contribution in [0.4, 0.5) is 4.39 Å². The minimum atomic E-state index is -0.252. The van der Waals surface area contributed by atoms with Crippen LogP contribution in [-0.2, 0) is 6.42 Å². The molecule has 2 aromatic rings. The van der Waals surface area contributed by atoms with Crippen LogP contribution >= 0.6 is 0 Å². The Balaban J connectivity index is 2.00. The van der Waals surface area contributed by atoms with E-state index in [1.165, 1.54) is 12.1 Å². The van der Waals surface area contributed by atoms with Crippen LogP contribution in [0.1, 0.15) is 25.2 Å². The lowest BCUT2D eigenvalue weighted by Gasteiger charge is -2.25. The van der Waals surface area contributed by atoms with Gasteiger partial charge in [0.1, 0.15) is 11.6 Å². The number of aromatic nitrogens is 3. The fourth-order valence-electron chi connectivity index (χ4n) is 2.29. The topological polar surface area (TPSA) is 56.7 Å². The summed E-state index contributed by atoms with van der Waals surface area (Å²) in [6, 6.07) is 6.52. The van der Waals surface area contributed by atoms with Crippen molar-refractivity contribution in [2.45, 2.75) is 31.8 Å². The quantitative estimate of drug-likeness (QED) is 0.836. The molecule has 3 rings (SSSR count). The van der Waals surface area contributed by atoms with Crippen molar-refractivity contribution in [1.29, 1.82) is 0 Å². The fraction of sp³-hybridized carbons (Fsp3) is 0.385. The zero-order valence-corrected chi connectivity index (χ0v) is 10.2. The minimum Gasteiger partial charge on any atom is -0.326 e. The second kappa shape index (κ2) is 4.17. The lowest BCUT2D eigenvalue weighted by molar-refractivity contribution is 0.339. The van der Waals surface area contributed by atoms with Gasteiger partial charge in [0.15, 0.2) is 5.82 Å². The number of halogens is 1. The molecule has 0 spiro atoms. The number of fused-ring (bicyclic) bond motifs is 1. The molecule has 2 heterocycles. The van der Waals surface area contributed by atoms with Crippen molar-refractivity contribution in [3.8, 4) is 11.4 Å². The maximum atomic E-state index is 12.9. The molecule has 0 amide bonds. The first-order valence-electron chi connectivity index (χ1n) is 6.12. The second-order valence-corrected chi connectivity index (χ2v) is 4.75. The normalized spacial score (nSPS) is 22.8. The van der Waals surface area contributed by atoms with Gasteiger partial charge in [0.05, 0.1) is 6.04 Å². The molecule has 0 saturated heterocycles. The van der Waals surface area contributed by atoms with Crippen LogP contribution < -0.4 is 5.73 Å². The fourth-order valence-corrected chi connectivity index (χ4v) is 2.29. The van der Waals surface area contributed by atoms with Gasteiger partial charge in [-0.2, -0.15) is 5.10 Å². The number of hydrogen-bond acceptors (Lipinski definition) is 3. The molecule has 2 N–H and O–H groups in total. The van der Waals surface area contributed by atoms with E-state index in [0.717, 1.165) is 24.2 Å². The first-order chi connectivity index (χ1) is 8.65. The van der Waals surface area contributed by atoms with E-state index in [-0.39, 0.29) is 17.9 Å². The molecule has 2 unspecified atom stereocenters. The van der Waals surface area contributed by atoms with E-state index in [1.54, 1.807) is 12.1 Å². The Bertz CT molecular complexity index is 561. The number of rotatable bonds is 1. The summed E-state index contributed by atoms with van der Waals surface area (Å²) < 4.78 is 14.8. The molecule has 1 aromatic carbocycles. The summed E-state index contributed by atoms with van der Waals surface area (Å²) in [5, 5.41) is 4.49. The van der Waals surface area contributed by atoms with Gasteiger partial charge in [0.2, 0.25) is 0 Å². The van der Waals surface area contributed by atoms with Crippen LogP contribution in [0.3, 0.4) is 0 Å². The van der Waals surface area contributed by atoms with Crippen molar-refractivity contribution in [2.75, 3.05) is 0 Å². The van der Waals surface area contributed by atoms with Crippen molar-refractivity contribution in [1.82, 2.24) is 14.8 Å². The van der Waals surface area contributed by atoms with Gasteiger partial charge < -0.3 is 5.73 Å². The number of nitrogens with two attached hydrogens (primary N) is 1. The predicted octanol–water partition coefficient (Wildman–Crippen LogP) is 1.92. The SMILES string of the molecule is CC1C(N)CCc2nc(-c3ccc(F)cc3)nn21. The lowest BCUT2D eigenvalue weighted by atomic mass is 10.0. The standard InChI is InChI=1S/C13H15FN4/c1-8-11(15)6-7-12-16-13(17-18(8)12)9-2-4-10(14)5-3-9/h2-5,8,11H,6-7,15H2,1H3.